The highest BCUT2D eigenvalue weighted by Crippen LogP contribution is 2.26. The summed E-state index contributed by atoms with van der Waals surface area (Å²) in [5.74, 6) is 0.863. The molecule has 0 saturated carbocycles. The molecule has 7 nitrogen and oxygen atoms in total. The van der Waals surface area contributed by atoms with Crippen LogP contribution in [0.2, 0.25) is 0 Å². The van der Waals surface area contributed by atoms with Crippen molar-refractivity contribution < 1.29 is 14.3 Å². The third-order valence-electron chi connectivity index (χ3n) is 5.06. The van der Waals surface area contributed by atoms with E-state index in [4.69, 9.17) is 4.74 Å². The minimum Gasteiger partial charge on any atom is -0.493 e. The minimum absolute atomic E-state index is 0.0741. The second-order valence-corrected chi connectivity index (χ2v) is 6.83. The number of H-pyrrole nitrogens is 1. The number of aromatic amines is 1. The Morgan fingerprint density at radius 2 is 1.81 bits per heavy atom. The lowest BCUT2D eigenvalue weighted by Crippen LogP contribution is -2.51. The molecule has 0 radical (unpaired) electrons. The van der Waals surface area contributed by atoms with E-state index < -0.39 is 0 Å². The predicted octanol–water partition coefficient (Wildman–Crippen LogP) is 0.837. The van der Waals surface area contributed by atoms with Crippen LogP contribution in [-0.4, -0.2) is 59.4 Å². The molecule has 0 spiro atoms. The number of piperazine rings is 1. The van der Waals surface area contributed by atoms with Gasteiger partial charge in [-0.2, -0.15) is 0 Å². The van der Waals surface area contributed by atoms with E-state index in [0.29, 0.717) is 44.8 Å². The van der Waals surface area contributed by atoms with Gasteiger partial charge in [0.15, 0.2) is 0 Å². The number of ether oxygens (including phenoxy) is 1. The Morgan fingerprint density at radius 3 is 2.56 bits per heavy atom. The lowest BCUT2D eigenvalue weighted by molar-refractivity contribution is -0.131. The van der Waals surface area contributed by atoms with Gasteiger partial charge >= 0.3 is 0 Å². The number of hydrogen-bond donors (Lipinski definition) is 1. The third kappa shape index (κ3) is 3.72. The molecule has 27 heavy (non-hydrogen) atoms. The lowest BCUT2D eigenvalue weighted by atomic mass is 10.1. The van der Waals surface area contributed by atoms with Gasteiger partial charge in [-0.15, -0.1) is 0 Å². The fraction of sp³-hybridized carbons (Fsp3) is 0.350. The van der Waals surface area contributed by atoms with Crippen LogP contribution < -0.4 is 10.3 Å². The van der Waals surface area contributed by atoms with Gasteiger partial charge in [-0.1, -0.05) is 12.1 Å². The zero-order valence-electron chi connectivity index (χ0n) is 14.9. The third-order valence-corrected chi connectivity index (χ3v) is 5.06. The molecule has 2 amide bonds. The van der Waals surface area contributed by atoms with Crippen molar-refractivity contribution in [3.63, 3.8) is 0 Å². The smallest absolute Gasteiger partial charge is 0.255 e. The van der Waals surface area contributed by atoms with E-state index in [-0.39, 0.29) is 17.4 Å². The molecule has 1 saturated heterocycles. The van der Waals surface area contributed by atoms with Crippen molar-refractivity contribution >= 4 is 11.8 Å². The zero-order valence-corrected chi connectivity index (χ0v) is 14.9. The number of hydrogen-bond acceptors (Lipinski definition) is 4. The summed E-state index contributed by atoms with van der Waals surface area (Å²) in [4.78, 5) is 42.2. The van der Waals surface area contributed by atoms with Gasteiger partial charge in [0, 0.05) is 44.9 Å². The Hall–Kier alpha value is -3.09. The molecule has 0 bridgehead atoms. The fourth-order valence-electron chi connectivity index (χ4n) is 3.52. The van der Waals surface area contributed by atoms with E-state index in [1.165, 1.54) is 18.3 Å². The number of nitrogens with one attached hydrogen (secondary N) is 1. The first-order valence-corrected chi connectivity index (χ1v) is 9.10. The molecule has 0 unspecified atom stereocenters. The van der Waals surface area contributed by atoms with Gasteiger partial charge in [0.25, 0.3) is 5.91 Å². The van der Waals surface area contributed by atoms with E-state index in [1.807, 2.05) is 12.1 Å². The largest absolute Gasteiger partial charge is 0.493 e. The second-order valence-electron chi connectivity index (χ2n) is 6.83. The first-order valence-electron chi connectivity index (χ1n) is 9.10. The zero-order chi connectivity index (χ0) is 18.8. The molecule has 2 aromatic rings. The van der Waals surface area contributed by atoms with Crippen molar-refractivity contribution in [3.8, 4) is 5.75 Å². The van der Waals surface area contributed by atoms with E-state index in [2.05, 4.69) is 11.1 Å². The topological polar surface area (TPSA) is 82.7 Å². The second kappa shape index (κ2) is 7.26. The summed E-state index contributed by atoms with van der Waals surface area (Å²) in [6.07, 6.45) is 2.68. The SMILES string of the molecule is O=C(Cc1ccc2c(c1)CCO2)N1CCN(C(=O)c2ccc(=O)[nH]c2)CC1. The molecule has 0 atom stereocenters. The summed E-state index contributed by atoms with van der Waals surface area (Å²) in [6.45, 7) is 2.71. The molecule has 4 rings (SSSR count). The van der Waals surface area contributed by atoms with Crippen LogP contribution in [0.15, 0.2) is 41.3 Å². The van der Waals surface area contributed by atoms with Crippen LogP contribution in [0.25, 0.3) is 0 Å². The number of amides is 2. The minimum atomic E-state index is -0.236. The highest BCUT2D eigenvalue weighted by molar-refractivity contribution is 5.94. The molecule has 1 N–H and O–H groups in total. The van der Waals surface area contributed by atoms with Crippen molar-refractivity contribution in [2.75, 3.05) is 32.8 Å². The van der Waals surface area contributed by atoms with Crippen LogP contribution >= 0.6 is 0 Å². The van der Waals surface area contributed by atoms with Gasteiger partial charge in [0.2, 0.25) is 11.5 Å². The molecular formula is C20H21N3O4. The van der Waals surface area contributed by atoms with Crippen LogP contribution in [0, 0.1) is 0 Å². The number of rotatable bonds is 3. The number of fused-ring (bicyclic) bond motifs is 1. The van der Waals surface area contributed by atoms with Crippen molar-refractivity contribution in [1.82, 2.24) is 14.8 Å². The monoisotopic (exact) mass is 367 g/mol. The molecular weight excluding hydrogens is 346 g/mol. The van der Waals surface area contributed by atoms with Crippen molar-refractivity contribution in [3.05, 3.63) is 63.6 Å². The highest BCUT2D eigenvalue weighted by Gasteiger charge is 2.25. The van der Waals surface area contributed by atoms with Gasteiger partial charge in [-0.25, -0.2) is 0 Å². The molecule has 7 heteroatoms. The average Bonchev–Trinajstić information content (AvgIpc) is 3.16. The molecule has 1 aromatic carbocycles. The van der Waals surface area contributed by atoms with Crippen LogP contribution in [-0.2, 0) is 17.6 Å². The summed E-state index contributed by atoms with van der Waals surface area (Å²) < 4.78 is 5.50. The Labute approximate surface area is 156 Å². The van der Waals surface area contributed by atoms with E-state index in [1.54, 1.807) is 9.80 Å². The van der Waals surface area contributed by atoms with Crippen molar-refractivity contribution in [2.24, 2.45) is 0 Å². The summed E-state index contributed by atoms with van der Waals surface area (Å²) >= 11 is 0. The van der Waals surface area contributed by atoms with Crippen LogP contribution in [0.5, 0.6) is 5.75 Å². The molecule has 140 valence electrons. The van der Waals surface area contributed by atoms with Crippen LogP contribution in [0.1, 0.15) is 21.5 Å². The van der Waals surface area contributed by atoms with Gasteiger partial charge < -0.3 is 19.5 Å². The van der Waals surface area contributed by atoms with Gasteiger partial charge in [0.1, 0.15) is 5.75 Å². The number of pyridine rings is 1. The first kappa shape index (κ1) is 17.3. The Morgan fingerprint density at radius 1 is 1.04 bits per heavy atom. The summed E-state index contributed by atoms with van der Waals surface area (Å²) in [5.41, 5.74) is 2.38. The first-order chi connectivity index (χ1) is 13.1. The van der Waals surface area contributed by atoms with Gasteiger partial charge in [0.05, 0.1) is 18.6 Å². The molecule has 2 aliphatic heterocycles. The van der Waals surface area contributed by atoms with E-state index in [9.17, 15) is 14.4 Å². The normalized spacial score (nSPS) is 16.0. The van der Waals surface area contributed by atoms with Crippen molar-refractivity contribution in [2.45, 2.75) is 12.8 Å². The number of carbonyl (C=O) groups is 2. The standard InChI is InChI=1S/C20H21N3O4/c24-18-4-2-16(13-21-18)20(26)23-8-6-22(7-9-23)19(25)12-14-1-3-17-15(11-14)5-10-27-17/h1-4,11,13H,5-10,12H2,(H,21,24). The highest BCUT2D eigenvalue weighted by atomic mass is 16.5. The van der Waals surface area contributed by atoms with E-state index >= 15 is 0 Å². The quantitative estimate of drug-likeness (QED) is 0.871. The Kier molecular flexibility index (Phi) is 4.66. The summed E-state index contributed by atoms with van der Waals surface area (Å²) in [6, 6.07) is 8.80. The Bertz CT molecular complexity index is 909. The molecule has 1 fully saturated rings. The summed E-state index contributed by atoms with van der Waals surface area (Å²) in [5, 5.41) is 0. The number of carbonyl (C=O) groups excluding carboxylic acids is 2. The maximum atomic E-state index is 12.6. The maximum Gasteiger partial charge on any atom is 0.255 e. The molecule has 1 aromatic heterocycles. The van der Waals surface area contributed by atoms with Crippen molar-refractivity contribution in [1.29, 1.82) is 0 Å². The molecule has 0 aliphatic carbocycles. The number of benzene rings is 1. The number of aromatic nitrogens is 1. The average molecular weight is 367 g/mol. The lowest BCUT2D eigenvalue weighted by Gasteiger charge is -2.35. The predicted molar refractivity (Wildman–Crippen MR) is 98.9 cm³/mol. The van der Waals surface area contributed by atoms with Crippen LogP contribution in [0.3, 0.4) is 0 Å². The Balaban J connectivity index is 1.33. The fourth-order valence-corrected chi connectivity index (χ4v) is 3.52. The number of nitrogens with zero attached hydrogens (tertiary/aromatic N) is 2. The van der Waals surface area contributed by atoms with Gasteiger partial charge in [-0.3, -0.25) is 14.4 Å². The van der Waals surface area contributed by atoms with E-state index in [0.717, 1.165) is 23.3 Å². The van der Waals surface area contributed by atoms with Crippen LogP contribution in [0.4, 0.5) is 0 Å². The maximum absolute atomic E-state index is 12.6. The summed E-state index contributed by atoms with van der Waals surface area (Å²) in [7, 11) is 0. The molecule has 2 aliphatic rings. The molecule has 3 heterocycles. The van der Waals surface area contributed by atoms with Gasteiger partial charge in [-0.05, 0) is 23.3 Å².